The number of imidazole rings is 1. The normalized spacial score (nSPS) is 22.3. The Kier molecular flexibility index (Phi) is 10.2. The number of benzene rings is 3. The second-order valence-electron chi connectivity index (χ2n) is 12.6. The second kappa shape index (κ2) is 14.6. The first-order valence-corrected chi connectivity index (χ1v) is 16.3. The van der Waals surface area contributed by atoms with Crippen molar-refractivity contribution >= 4 is 28.6 Å². The first kappa shape index (κ1) is 32.6. The number of amides is 1. The zero-order chi connectivity index (χ0) is 32.9. The molecule has 2 fully saturated rings. The molecule has 4 atom stereocenters. The zero-order valence-corrected chi connectivity index (χ0v) is 26.5. The minimum absolute atomic E-state index is 0.0290. The number of anilines is 1. The number of ether oxygens (including phenoxy) is 2. The SMILES string of the molecule is CC1C(CN2CCC(n3c(=O)[nH]c4ccccc43)CC2)OC(c2ccc(NC(=O)CCCC(=O)O)cc2)OC1c1ccc(CO)cc1. The summed E-state index contributed by atoms with van der Waals surface area (Å²) in [7, 11) is 0. The molecule has 0 saturated carbocycles. The number of carboxylic acid groups (broad SMARTS) is 1. The van der Waals surface area contributed by atoms with E-state index in [0.717, 1.165) is 53.7 Å². The number of hydrogen-bond acceptors (Lipinski definition) is 7. The highest BCUT2D eigenvalue weighted by Crippen LogP contribution is 2.42. The van der Waals surface area contributed by atoms with Crippen molar-refractivity contribution in [2.45, 2.75) is 70.2 Å². The molecule has 4 unspecified atom stereocenters. The maximum atomic E-state index is 12.8. The number of aliphatic hydroxyl groups excluding tert-OH is 1. The van der Waals surface area contributed by atoms with Gasteiger partial charge in [-0.25, -0.2) is 4.79 Å². The molecule has 4 N–H and O–H groups in total. The molecule has 1 amide bonds. The number of nitrogens with zero attached hydrogens (tertiary/aromatic N) is 2. The number of carboxylic acids is 1. The molecule has 0 spiro atoms. The maximum Gasteiger partial charge on any atom is 0.326 e. The third-order valence-electron chi connectivity index (χ3n) is 9.37. The summed E-state index contributed by atoms with van der Waals surface area (Å²) in [6.45, 7) is 4.51. The summed E-state index contributed by atoms with van der Waals surface area (Å²) in [5.41, 5.74) is 5.02. The Hall–Kier alpha value is -4.29. The Morgan fingerprint density at radius 1 is 0.936 bits per heavy atom. The molecule has 11 nitrogen and oxygen atoms in total. The van der Waals surface area contributed by atoms with Gasteiger partial charge < -0.3 is 34.9 Å². The molecular formula is C36H42N4O7. The van der Waals surface area contributed by atoms with Gasteiger partial charge in [-0.05, 0) is 54.7 Å². The van der Waals surface area contributed by atoms with Crippen molar-refractivity contribution in [3.05, 3.63) is 100.0 Å². The number of rotatable bonds is 11. The quantitative estimate of drug-likeness (QED) is 0.176. The van der Waals surface area contributed by atoms with E-state index in [-0.39, 0.29) is 61.6 Å². The van der Waals surface area contributed by atoms with Gasteiger partial charge in [0.2, 0.25) is 5.91 Å². The number of para-hydroxylation sites is 2. The third-order valence-corrected chi connectivity index (χ3v) is 9.37. The van der Waals surface area contributed by atoms with Crippen LogP contribution in [0.1, 0.15) is 74.2 Å². The van der Waals surface area contributed by atoms with Crippen LogP contribution in [0.3, 0.4) is 0 Å². The first-order valence-electron chi connectivity index (χ1n) is 16.3. The fraction of sp³-hybridized carbons (Fsp3) is 0.417. The fourth-order valence-electron chi connectivity index (χ4n) is 6.73. The fourth-order valence-corrected chi connectivity index (χ4v) is 6.73. The number of fused-ring (bicyclic) bond motifs is 1. The van der Waals surface area contributed by atoms with Crippen molar-refractivity contribution in [3.8, 4) is 0 Å². The monoisotopic (exact) mass is 642 g/mol. The molecular weight excluding hydrogens is 600 g/mol. The minimum Gasteiger partial charge on any atom is -0.481 e. The molecule has 1 aromatic heterocycles. The molecule has 6 rings (SSSR count). The number of carbonyl (C=O) groups is 2. The van der Waals surface area contributed by atoms with E-state index in [4.69, 9.17) is 14.6 Å². The van der Waals surface area contributed by atoms with E-state index in [1.807, 2.05) is 65.2 Å². The van der Waals surface area contributed by atoms with E-state index in [0.29, 0.717) is 12.2 Å². The molecule has 3 aromatic carbocycles. The van der Waals surface area contributed by atoms with Crippen LogP contribution in [0.25, 0.3) is 11.0 Å². The number of aromatic amines is 1. The maximum absolute atomic E-state index is 12.8. The average Bonchev–Trinajstić information content (AvgIpc) is 3.42. The van der Waals surface area contributed by atoms with Gasteiger partial charge in [0.05, 0.1) is 29.8 Å². The highest BCUT2D eigenvalue weighted by Gasteiger charge is 2.39. The van der Waals surface area contributed by atoms with Crippen molar-refractivity contribution in [1.29, 1.82) is 0 Å². The number of aliphatic carboxylic acids is 1. The second-order valence-corrected chi connectivity index (χ2v) is 12.6. The van der Waals surface area contributed by atoms with Gasteiger partial charge in [0, 0.05) is 55.7 Å². The van der Waals surface area contributed by atoms with Gasteiger partial charge in [-0.2, -0.15) is 0 Å². The molecule has 2 aliphatic rings. The molecule has 0 radical (unpaired) electrons. The van der Waals surface area contributed by atoms with Gasteiger partial charge in [0.15, 0.2) is 6.29 Å². The smallest absolute Gasteiger partial charge is 0.326 e. The van der Waals surface area contributed by atoms with Gasteiger partial charge in [-0.3, -0.25) is 14.2 Å². The van der Waals surface area contributed by atoms with Crippen LogP contribution in [0.15, 0.2) is 77.6 Å². The zero-order valence-electron chi connectivity index (χ0n) is 26.5. The van der Waals surface area contributed by atoms with E-state index in [1.54, 1.807) is 12.1 Å². The lowest BCUT2D eigenvalue weighted by Crippen LogP contribution is -2.47. The first-order chi connectivity index (χ1) is 22.8. The summed E-state index contributed by atoms with van der Waals surface area (Å²) >= 11 is 0. The molecule has 0 aliphatic carbocycles. The highest BCUT2D eigenvalue weighted by molar-refractivity contribution is 5.90. The molecule has 0 bridgehead atoms. The topological polar surface area (TPSA) is 146 Å². The van der Waals surface area contributed by atoms with E-state index in [9.17, 15) is 19.5 Å². The summed E-state index contributed by atoms with van der Waals surface area (Å²) in [6.07, 6.45) is 1.06. The van der Waals surface area contributed by atoms with Crippen LogP contribution in [0, 0.1) is 5.92 Å². The van der Waals surface area contributed by atoms with Gasteiger partial charge in [-0.15, -0.1) is 0 Å². The lowest BCUT2D eigenvalue weighted by atomic mass is 9.89. The minimum atomic E-state index is -0.920. The predicted octanol–water partition coefficient (Wildman–Crippen LogP) is 5.14. The van der Waals surface area contributed by atoms with Crippen molar-refractivity contribution in [1.82, 2.24) is 14.5 Å². The Morgan fingerprint density at radius 2 is 1.64 bits per heavy atom. The van der Waals surface area contributed by atoms with E-state index >= 15 is 0 Å². The van der Waals surface area contributed by atoms with Crippen LogP contribution in [0.4, 0.5) is 5.69 Å². The van der Waals surface area contributed by atoms with Crippen molar-refractivity contribution in [3.63, 3.8) is 0 Å². The summed E-state index contributed by atoms with van der Waals surface area (Å²) in [6, 6.07) is 23.1. The van der Waals surface area contributed by atoms with E-state index in [2.05, 4.69) is 22.1 Å². The molecule has 3 heterocycles. The van der Waals surface area contributed by atoms with Gasteiger partial charge in [-0.1, -0.05) is 55.5 Å². The Bertz CT molecular complexity index is 1720. The summed E-state index contributed by atoms with van der Waals surface area (Å²) in [5.74, 6) is -1.12. The molecule has 11 heteroatoms. The van der Waals surface area contributed by atoms with Crippen molar-refractivity contribution in [2.75, 3.05) is 25.0 Å². The van der Waals surface area contributed by atoms with Gasteiger partial charge in [0.1, 0.15) is 0 Å². The third kappa shape index (κ3) is 7.65. The Morgan fingerprint density at radius 3 is 2.34 bits per heavy atom. The van der Waals surface area contributed by atoms with Gasteiger partial charge in [0.25, 0.3) is 0 Å². The van der Waals surface area contributed by atoms with Gasteiger partial charge >= 0.3 is 11.7 Å². The Balaban J connectivity index is 1.15. The van der Waals surface area contributed by atoms with Crippen molar-refractivity contribution in [2.24, 2.45) is 5.92 Å². The summed E-state index contributed by atoms with van der Waals surface area (Å²) in [5, 5.41) is 21.2. The van der Waals surface area contributed by atoms with Crippen LogP contribution < -0.4 is 11.0 Å². The van der Waals surface area contributed by atoms with Crippen LogP contribution in [-0.4, -0.2) is 62.3 Å². The van der Waals surface area contributed by atoms with Crippen LogP contribution in [0.5, 0.6) is 0 Å². The van der Waals surface area contributed by atoms with Crippen LogP contribution in [0.2, 0.25) is 0 Å². The average molecular weight is 643 g/mol. The standard InChI is InChI=1S/C36H42N4O7/c1-23-31(21-39-19-17-28(18-20-39)40-30-6-3-2-5-29(30)38-36(40)45)46-35(47-34(23)25-11-9-24(22-41)10-12-25)26-13-15-27(16-14-26)37-32(42)7-4-8-33(43)44/h2-3,5-6,9-16,23,28,31,34-35,41H,4,7-8,17-22H2,1H3,(H,37,42)(H,38,45)(H,43,44). The number of hydrogen-bond donors (Lipinski definition) is 4. The number of H-pyrrole nitrogens is 1. The molecule has 2 aliphatic heterocycles. The largest absolute Gasteiger partial charge is 0.481 e. The highest BCUT2D eigenvalue weighted by atomic mass is 16.7. The molecule has 2 saturated heterocycles. The number of likely N-dealkylation sites (tertiary alicyclic amines) is 1. The number of piperidine rings is 1. The van der Waals surface area contributed by atoms with Crippen LogP contribution >= 0.6 is 0 Å². The lowest BCUT2D eigenvalue weighted by Gasteiger charge is -2.44. The van der Waals surface area contributed by atoms with Crippen LogP contribution in [-0.2, 0) is 25.7 Å². The number of aromatic nitrogens is 2. The van der Waals surface area contributed by atoms with E-state index < -0.39 is 12.3 Å². The molecule has 4 aromatic rings. The predicted molar refractivity (Wildman–Crippen MR) is 177 cm³/mol. The summed E-state index contributed by atoms with van der Waals surface area (Å²) < 4.78 is 15.1. The number of aliphatic hydroxyl groups is 1. The summed E-state index contributed by atoms with van der Waals surface area (Å²) in [4.78, 5) is 41.2. The molecule has 248 valence electrons. The lowest BCUT2D eigenvalue weighted by molar-refractivity contribution is -0.276. The van der Waals surface area contributed by atoms with Crippen molar-refractivity contribution < 1.29 is 29.3 Å². The Labute approximate surface area is 273 Å². The molecule has 47 heavy (non-hydrogen) atoms. The number of nitrogens with one attached hydrogen (secondary N) is 2. The number of carbonyl (C=O) groups excluding carboxylic acids is 1. The van der Waals surface area contributed by atoms with E-state index in [1.165, 1.54) is 0 Å².